The van der Waals surface area contributed by atoms with E-state index in [1.54, 1.807) is 44.2 Å². The van der Waals surface area contributed by atoms with Gasteiger partial charge in [-0.1, -0.05) is 12.1 Å². The van der Waals surface area contributed by atoms with E-state index in [0.717, 1.165) is 11.1 Å². The van der Waals surface area contributed by atoms with Crippen LogP contribution in [0.5, 0.6) is 17.2 Å². The summed E-state index contributed by atoms with van der Waals surface area (Å²) in [6, 6.07) is 11.7. The summed E-state index contributed by atoms with van der Waals surface area (Å²) in [5.41, 5.74) is 2.67. The number of amides is 2. The molecule has 3 aromatic rings. The Kier molecular flexibility index (Phi) is 6.69. The van der Waals surface area contributed by atoms with Gasteiger partial charge in [0.25, 0.3) is 5.91 Å². The Labute approximate surface area is 196 Å². The van der Waals surface area contributed by atoms with Gasteiger partial charge >= 0.3 is 0 Å². The third-order valence-electron chi connectivity index (χ3n) is 5.52. The highest BCUT2D eigenvalue weighted by Gasteiger charge is 2.37. The minimum atomic E-state index is -0.811. The molecule has 10 heteroatoms. The molecular weight excluding hydrogens is 440 g/mol. The summed E-state index contributed by atoms with van der Waals surface area (Å²) in [5.74, 6) is 1.57. The molecule has 2 amide bonds. The van der Waals surface area contributed by atoms with Crippen LogP contribution in [0.4, 0.5) is 11.5 Å². The Morgan fingerprint density at radius 3 is 2.53 bits per heavy atom. The van der Waals surface area contributed by atoms with E-state index in [9.17, 15) is 9.59 Å². The molecule has 0 bridgehead atoms. The van der Waals surface area contributed by atoms with Gasteiger partial charge in [-0.25, -0.2) is 4.68 Å². The average Bonchev–Trinajstić information content (AvgIpc) is 3.34. The molecule has 10 nitrogen and oxygen atoms in total. The fourth-order valence-electron chi connectivity index (χ4n) is 3.92. The maximum absolute atomic E-state index is 12.9. The first-order chi connectivity index (χ1) is 16.5. The zero-order valence-corrected chi connectivity index (χ0v) is 19.4. The second-order valence-electron chi connectivity index (χ2n) is 7.60. The number of ether oxygens (including phenoxy) is 4. The van der Waals surface area contributed by atoms with Gasteiger partial charge in [0, 0.05) is 13.2 Å². The van der Waals surface area contributed by atoms with Crippen LogP contribution in [-0.2, 0) is 20.9 Å². The highest BCUT2D eigenvalue weighted by molar-refractivity contribution is 6.04. The van der Waals surface area contributed by atoms with Crippen LogP contribution in [0, 0.1) is 0 Å². The van der Waals surface area contributed by atoms with Crippen molar-refractivity contribution in [2.75, 3.05) is 39.1 Å². The van der Waals surface area contributed by atoms with Gasteiger partial charge in [-0.2, -0.15) is 5.10 Å². The number of rotatable bonds is 9. The number of benzene rings is 2. The van der Waals surface area contributed by atoms with Crippen molar-refractivity contribution in [1.82, 2.24) is 9.78 Å². The largest absolute Gasteiger partial charge is 0.497 e. The minimum absolute atomic E-state index is 0.111. The van der Waals surface area contributed by atoms with Gasteiger partial charge in [-0.3, -0.25) is 9.59 Å². The smallest absolute Gasteiger partial charge is 0.251 e. The number of carbonyl (C=O) groups is 2. The first-order valence-electron chi connectivity index (χ1n) is 10.6. The molecule has 178 valence electrons. The van der Waals surface area contributed by atoms with Crippen LogP contribution in [0.1, 0.15) is 18.2 Å². The Bertz CT molecular complexity index is 1220. The van der Waals surface area contributed by atoms with E-state index in [2.05, 4.69) is 15.7 Å². The van der Waals surface area contributed by atoms with Gasteiger partial charge in [-0.05, 0) is 29.8 Å². The maximum Gasteiger partial charge on any atom is 0.251 e. The van der Waals surface area contributed by atoms with E-state index in [-0.39, 0.29) is 24.8 Å². The number of aromatic nitrogens is 2. The first kappa shape index (κ1) is 23.1. The molecule has 0 spiro atoms. The van der Waals surface area contributed by atoms with E-state index in [4.69, 9.17) is 18.9 Å². The molecule has 1 aliphatic heterocycles. The summed E-state index contributed by atoms with van der Waals surface area (Å²) in [4.78, 5) is 25.7. The molecule has 1 unspecified atom stereocenters. The molecule has 1 aliphatic rings. The van der Waals surface area contributed by atoms with Crippen molar-refractivity contribution in [3.8, 4) is 28.4 Å². The molecule has 0 radical (unpaired) electrons. The monoisotopic (exact) mass is 466 g/mol. The summed E-state index contributed by atoms with van der Waals surface area (Å²) < 4.78 is 22.7. The molecule has 0 aliphatic carbocycles. The SMILES string of the molecule is COCc1nn2c(c1-c1cccc(OC)c1)NC(=O)C2CC(=O)Nc1ccc(OC)cc1OC. The molecule has 34 heavy (non-hydrogen) atoms. The average molecular weight is 466 g/mol. The van der Waals surface area contributed by atoms with Gasteiger partial charge in [0.15, 0.2) is 0 Å². The van der Waals surface area contributed by atoms with Crippen molar-refractivity contribution in [1.29, 1.82) is 0 Å². The quantitative estimate of drug-likeness (QED) is 0.498. The minimum Gasteiger partial charge on any atom is -0.497 e. The van der Waals surface area contributed by atoms with Gasteiger partial charge < -0.3 is 29.6 Å². The molecular formula is C24H26N4O6. The molecule has 2 aromatic carbocycles. The molecule has 0 saturated heterocycles. The number of nitrogens with zero attached hydrogens (tertiary/aromatic N) is 2. The lowest BCUT2D eigenvalue weighted by molar-refractivity contribution is -0.123. The Balaban J connectivity index is 1.61. The third kappa shape index (κ3) is 4.40. The summed E-state index contributed by atoms with van der Waals surface area (Å²) >= 11 is 0. The molecule has 0 fully saturated rings. The maximum atomic E-state index is 12.9. The van der Waals surface area contributed by atoms with Gasteiger partial charge in [0.1, 0.15) is 29.1 Å². The van der Waals surface area contributed by atoms with Gasteiger partial charge in [0.2, 0.25) is 5.91 Å². The van der Waals surface area contributed by atoms with Crippen molar-refractivity contribution in [2.45, 2.75) is 19.1 Å². The van der Waals surface area contributed by atoms with Crippen molar-refractivity contribution >= 4 is 23.3 Å². The predicted octanol–water partition coefficient (Wildman–Crippen LogP) is 3.24. The summed E-state index contributed by atoms with van der Waals surface area (Å²) in [6.45, 7) is 0.240. The second kappa shape index (κ2) is 9.84. The van der Waals surface area contributed by atoms with Crippen LogP contribution in [0.25, 0.3) is 11.1 Å². The lowest BCUT2D eigenvalue weighted by atomic mass is 10.1. The number of anilines is 2. The van der Waals surface area contributed by atoms with Crippen LogP contribution in [0.3, 0.4) is 0 Å². The number of hydrogen-bond donors (Lipinski definition) is 2. The van der Waals surface area contributed by atoms with Crippen LogP contribution in [0.15, 0.2) is 42.5 Å². The number of methoxy groups -OCH3 is 4. The fraction of sp³-hybridized carbons (Fsp3) is 0.292. The lowest BCUT2D eigenvalue weighted by Gasteiger charge is -2.13. The van der Waals surface area contributed by atoms with Crippen molar-refractivity contribution in [3.05, 3.63) is 48.2 Å². The summed E-state index contributed by atoms with van der Waals surface area (Å²) in [7, 11) is 6.21. The van der Waals surface area contributed by atoms with Crippen LogP contribution in [-0.4, -0.2) is 50.0 Å². The Morgan fingerprint density at radius 1 is 1.06 bits per heavy atom. The molecule has 1 atom stereocenters. The third-order valence-corrected chi connectivity index (χ3v) is 5.52. The van der Waals surface area contributed by atoms with Crippen molar-refractivity contribution in [3.63, 3.8) is 0 Å². The highest BCUT2D eigenvalue weighted by atomic mass is 16.5. The number of carbonyl (C=O) groups excluding carboxylic acids is 2. The van der Waals surface area contributed by atoms with Crippen molar-refractivity contribution < 1.29 is 28.5 Å². The van der Waals surface area contributed by atoms with E-state index in [0.29, 0.717) is 34.4 Å². The van der Waals surface area contributed by atoms with E-state index in [1.165, 1.54) is 7.11 Å². The number of nitrogens with one attached hydrogen (secondary N) is 2. The standard InChI is InChI=1S/C24H26N4O6/c1-31-13-18-22(14-6-5-7-15(10-14)32-2)23-26-24(30)19(28(23)27-18)12-21(29)25-17-9-8-16(33-3)11-20(17)34-4/h5-11,19H,12-13H2,1-4H3,(H,25,29)(H,26,30). The van der Waals surface area contributed by atoms with Crippen molar-refractivity contribution in [2.24, 2.45) is 0 Å². The first-order valence-corrected chi connectivity index (χ1v) is 10.6. The lowest BCUT2D eigenvalue weighted by Crippen LogP contribution is -2.24. The zero-order valence-electron chi connectivity index (χ0n) is 19.4. The molecule has 1 aromatic heterocycles. The fourth-order valence-corrected chi connectivity index (χ4v) is 3.92. The normalized spacial score (nSPS) is 14.4. The topological polar surface area (TPSA) is 113 Å². The summed E-state index contributed by atoms with van der Waals surface area (Å²) in [5, 5.41) is 10.3. The van der Waals surface area contributed by atoms with Crippen LogP contribution < -0.4 is 24.8 Å². The van der Waals surface area contributed by atoms with E-state index >= 15 is 0 Å². The Morgan fingerprint density at radius 2 is 1.82 bits per heavy atom. The van der Waals surface area contributed by atoms with Gasteiger partial charge in [-0.15, -0.1) is 0 Å². The molecule has 0 saturated carbocycles. The molecule has 2 heterocycles. The molecule has 2 N–H and O–H groups in total. The van der Waals surface area contributed by atoms with Crippen LogP contribution in [0.2, 0.25) is 0 Å². The zero-order chi connectivity index (χ0) is 24.2. The number of hydrogen-bond acceptors (Lipinski definition) is 7. The van der Waals surface area contributed by atoms with E-state index < -0.39 is 6.04 Å². The highest BCUT2D eigenvalue weighted by Crippen LogP contribution is 2.40. The second-order valence-corrected chi connectivity index (χ2v) is 7.60. The van der Waals surface area contributed by atoms with Gasteiger partial charge in [0.05, 0.1) is 51.3 Å². The summed E-state index contributed by atoms with van der Waals surface area (Å²) in [6.07, 6.45) is -0.111. The van der Waals surface area contributed by atoms with Crippen LogP contribution >= 0.6 is 0 Å². The van der Waals surface area contributed by atoms with E-state index in [1.807, 2.05) is 24.3 Å². The Hall–Kier alpha value is -4.05. The molecule has 4 rings (SSSR count). The number of fused-ring (bicyclic) bond motifs is 1. The predicted molar refractivity (Wildman–Crippen MR) is 125 cm³/mol.